The first-order valence-corrected chi connectivity index (χ1v) is 9.89. The highest BCUT2D eigenvalue weighted by Crippen LogP contribution is 2.25. The molecule has 0 fully saturated rings. The number of methoxy groups -OCH3 is 1. The predicted molar refractivity (Wildman–Crippen MR) is 118 cm³/mol. The third kappa shape index (κ3) is 6.70. The van der Waals surface area contributed by atoms with Crippen molar-refractivity contribution in [1.29, 1.82) is 0 Å². The Morgan fingerprint density at radius 3 is 2.16 bits per heavy atom. The minimum atomic E-state index is -0.944. The summed E-state index contributed by atoms with van der Waals surface area (Å²) in [5, 5.41) is 0. The molecule has 2 aromatic carbocycles. The van der Waals surface area contributed by atoms with Crippen LogP contribution in [0.2, 0.25) is 0 Å². The molecule has 0 spiro atoms. The van der Waals surface area contributed by atoms with Gasteiger partial charge >= 0.3 is 6.16 Å². The third-order valence-electron chi connectivity index (χ3n) is 4.32. The number of ketones is 1. The molecule has 0 aliphatic rings. The number of hydrogen-bond donors (Lipinski definition) is 0. The van der Waals surface area contributed by atoms with E-state index in [4.69, 9.17) is 18.9 Å². The number of Topliss-reactive ketones (excluding diaryl/α,β-unsaturated/α-hetero) is 1. The minimum Gasteiger partial charge on any atom is -0.504 e. The van der Waals surface area contributed by atoms with Crippen LogP contribution in [-0.2, 0) is 32.2 Å². The maximum absolute atomic E-state index is 12.8. The van der Waals surface area contributed by atoms with Crippen molar-refractivity contribution in [2.45, 2.75) is 13.2 Å². The first-order valence-electron chi connectivity index (χ1n) is 9.89. The second kappa shape index (κ2) is 11.9. The van der Waals surface area contributed by atoms with Gasteiger partial charge in [0, 0.05) is 6.20 Å². The van der Waals surface area contributed by atoms with Gasteiger partial charge in [-0.1, -0.05) is 60.7 Å². The van der Waals surface area contributed by atoms with Crippen LogP contribution in [0.15, 0.2) is 85.3 Å². The average molecular weight is 433 g/mol. The smallest absolute Gasteiger partial charge is 0.504 e. The molecule has 0 amide bonds. The third-order valence-corrected chi connectivity index (χ3v) is 4.32. The average Bonchev–Trinajstić information content (AvgIpc) is 2.85. The van der Waals surface area contributed by atoms with Crippen LogP contribution in [0.5, 0.6) is 5.75 Å². The van der Waals surface area contributed by atoms with Crippen LogP contribution >= 0.6 is 0 Å². The number of ether oxygens (including phenoxy) is 4. The number of aromatic nitrogens is 1. The Morgan fingerprint density at radius 2 is 1.50 bits per heavy atom. The Balaban J connectivity index is 1.62. The lowest BCUT2D eigenvalue weighted by atomic mass is 10.1. The van der Waals surface area contributed by atoms with Crippen LogP contribution in [-0.4, -0.2) is 30.6 Å². The van der Waals surface area contributed by atoms with E-state index in [1.54, 1.807) is 12.1 Å². The molecule has 7 nitrogen and oxygen atoms in total. The van der Waals surface area contributed by atoms with Crippen LogP contribution in [0.25, 0.3) is 5.57 Å². The van der Waals surface area contributed by atoms with E-state index in [0.717, 1.165) is 11.1 Å². The molecular formula is C25H23NO6. The number of carbonyl (C=O) groups excluding carboxylic acids is 2. The first-order chi connectivity index (χ1) is 15.7. The quantitative estimate of drug-likeness (QED) is 0.263. The van der Waals surface area contributed by atoms with Crippen molar-refractivity contribution in [3.63, 3.8) is 0 Å². The lowest BCUT2D eigenvalue weighted by molar-refractivity contribution is -0.117. The Morgan fingerprint density at radius 1 is 0.844 bits per heavy atom. The van der Waals surface area contributed by atoms with E-state index in [-0.39, 0.29) is 17.9 Å². The Kier molecular flexibility index (Phi) is 8.39. The molecule has 0 aliphatic carbocycles. The van der Waals surface area contributed by atoms with Crippen molar-refractivity contribution in [2.24, 2.45) is 0 Å². The summed E-state index contributed by atoms with van der Waals surface area (Å²) in [6.07, 6.45) is 1.84. The van der Waals surface area contributed by atoms with Crippen LogP contribution in [0.1, 0.15) is 16.8 Å². The fraction of sp³-hybridized carbons (Fsp3) is 0.160. The van der Waals surface area contributed by atoms with Crippen LogP contribution < -0.4 is 4.74 Å². The van der Waals surface area contributed by atoms with E-state index in [1.807, 2.05) is 60.7 Å². The summed E-state index contributed by atoms with van der Waals surface area (Å²) in [6, 6.07) is 22.2. The highest BCUT2D eigenvalue weighted by atomic mass is 16.7. The summed E-state index contributed by atoms with van der Waals surface area (Å²) < 4.78 is 20.9. The summed E-state index contributed by atoms with van der Waals surface area (Å²) in [5.41, 5.74) is 2.18. The van der Waals surface area contributed by atoms with Crippen LogP contribution in [0.3, 0.4) is 0 Å². The Labute approximate surface area is 186 Å². The molecule has 1 heterocycles. The van der Waals surface area contributed by atoms with Gasteiger partial charge in [-0.05, 0) is 23.3 Å². The van der Waals surface area contributed by atoms with Crippen molar-refractivity contribution in [3.05, 3.63) is 102 Å². The second-order valence-corrected chi connectivity index (χ2v) is 6.63. The first kappa shape index (κ1) is 22.6. The summed E-state index contributed by atoms with van der Waals surface area (Å²) in [6.45, 7) is -0.180. The van der Waals surface area contributed by atoms with Crippen molar-refractivity contribution in [1.82, 2.24) is 4.98 Å². The molecule has 32 heavy (non-hydrogen) atoms. The zero-order valence-corrected chi connectivity index (χ0v) is 17.6. The van der Waals surface area contributed by atoms with Crippen molar-refractivity contribution < 1.29 is 28.5 Å². The second-order valence-electron chi connectivity index (χ2n) is 6.63. The normalized spacial score (nSPS) is 10.8. The largest absolute Gasteiger partial charge is 0.509 e. The van der Waals surface area contributed by atoms with E-state index in [9.17, 15) is 9.59 Å². The molecule has 0 bridgehead atoms. The van der Waals surface area contributed by atoms with Gasteiger partial charge in [-0.15, -0.1) is 0 Å². The molecule has 0 radical (unpaired) electrons. The van der Waals surface area contributed by atoms with Gasteiger partial charge in [0.2, 0.25) is 5.78 Å². The maximum atomic E-state index is 12.8. The van der Waals surface area contributed by atoms with E-state index in [2.05, 4.69) is 4.98 Å². The maximum Gasteiger partial charge on any atom is 0.509 e. The molecule has 3 aromatic rings. The molecule has 3 rings (SSSR count). The van der Waals surface area contributed by atoms with E-state index < -0.39 is 18.5 Å². The molecule has 0 saturated heterocycles. The highest BCUT2D eigenvalue weighted by molar-refractivity contribution is 6.21. The van der Waals surface area contributed by atoms with E-state index in [0.29, 0.717) is 12.4 Å². The van der Waals surface area contributed by atoms with Crippen molar-refractivity contribution >= 4 is 17.5 Å². The topological polar surface area (TPSA) is 84.0 Å². The Hall–Kier alpha value is -4.13. The highest BCUT2D eigenvalue weighted by Gasteiger charge is 2.21. The molecule has 0 unspecified atom stereocenters. The van der Waals surface area contributed by atoms with E-state index >= 15 is 0 Å². The summed E-state index contributed by atoms with van der Waals surface area (Å²) in [7, 11) is 1.41. The number of rotatable bonds is 10. The molecule has 7 heteroatoms. The van der Waals surface area contributed by atoms with Gasteiger partial charge in [-0.25, -0.2) is 4.79 Å². The fourth-order valence-corrected chi connectivity index (χ4v) is 2.78. The van der Waals surface area contributed by atoms with Crippen LogP contribution in [0.4, 0.5) is 4.79 Å². The van der Waals surface area contributed by atoms with Crippen molar-refractivity contribution in [3.8, 4) is 5.75 Å². The fourth-order valence-electron chi connectivity index (χ4n) is 2.78. The van der Waals surface area contributed by atoms with Gasteiger partial charge in [0.25, 0.3) is 0 Å². The number of nitrogens with zero attached hydrogens (tertiary/aromatic N) is 1. The number of carbonyl (C=O) groups is 2. The molecular weight excluding hydrogens is 410 g/mol. The molecule has 0 atom stereocenters. The monoisotopic (exact) mass is 433 g/mol. The zero-order chi connectivity index (χ0) is 22.6. The number of hydrogen-bond acceptors (Lipinski definition) is 7. The SMILES string of the molecule is COC=C(C(=O)COC(=O)OCc1ccccc1)c1ncccc1OCc1ccccc1. The minimum absolute atomic E-state index is 0.0480. The molecule has 0 saturated carbocycles. The van der Waals surface area contributed by atoms with E-state index in [1.165, 1.54) is 19.6 Å². The lowest BCUT2D eigenvalue weighted by Gasteiger charge is -2.13. The predicted octanol–water partition coefficient (Wildman–Crippen LogP) is 4.57. The van der Waals surface area contributed by atoms with Crippen molar-refractivity contribution in [2.75, 3.05) is 13.7 Å². The molecule has 0 aliphatic heterocycles. The zero-order valence-electron chi connectivity index (χ0n) is 17.6. The standard InChI is InChI=1S/C25H23NO6/c1-29-17-21(22(27)18-32-25(28)31-16-20-11-6-3-7-12-20)24-23(13-8-14-26-24)30-15-19-9-4-2-5-10-19/h2-14,17H,15-16,18H2,1H3. The lowest BCUT2D eigenvalue weighted by Crippen LogP contribution is -2.17. The van der Waals surface area contributed by atoms with Gasteiger partial charge < -0.3 is 18.9 Å². The summed E-state index contributed by atoms with van der Waals surface area (Å²) in [5.74, 6) is -0.105. The van der Waals surface area contributed by atoms with Gasteiger partial charge in [0.05, 0.1) is 18.9 Å². The molecule has 164 valence electrons. The van der Waals surface area contributed by atoms with Gasteiger partial charge in [-0.2, -0.15) is 0 Å². The van der Waals surface area contributed by atoms with Crippen LogP contribution in [0, 0.1) is 0 Å². The summed E-state index contributed by atoms with van der Waals surface area (Å²) in [4.78, 5) is 28.9. The number of pyridine rings is 1. The molecule has 0 N–H and O–H groups in total. The van der Waals surface area contributed by atoms with Gasteiger partial charge in [0.15, 0.2) is 6.61 Å². The number of benzene rings is 2. The van der Waals surface area contributed by atoms with Gasteiger partial charge in [-0.3, -0.25) is 9.78 Å². The van der Waals surface area contributed by atoms with Gasteiger partial charge in [0.1, 0.15) is 24.7 Å². The summed E-state index contributed by atoms with van der Waals surface area (Å²) >= 11 is 0. The Bertz CT molecular complexity index is 1050. The molecule has 1 aromatic heterocycles.